The minimum atomic E-state index is -0.633. The van der Waals surface area contributed by atoms with E-state index < -0.39 is 10.7 Å². The molecule has 1 aliphatic rings. The summed E-state index contributed by atoms with van der Waals surface area (Å²) in [6.45, 7) is 1.75. The van der Waals surface area contributed by atoms with Crippen LogP contribution in [0.15, 0.2) is 24.4 Å². The van der Waals surface area contributed by atoms with Gasteiger partial charge in [0.2, 0.25) is 0 Å². The molecule has 7 heteroatoms. The molecule has 2 aromatic rings. The van der Waals surface area contributed by atoms with Gasteiger partial charge in [0.1, 0.15) is 5.52 Å². The molecule has 110 valence electrons. The summed E-state index contributed by atoms with van der Waals surface area (Å²) < 4.78 is 14.3. The molecule has 0 radical (unpaired) electrons. The summed E-state index contributed by atoms with van der Waals surface area (Å²) >= 11 is 0. The van der Waals surface area contributed by atoms with Crippen molar-refractivity contribution in [3.63, 3.8) is 0 Å². The van der Waals surface area contributed by atoms with Crippen molar-refractivity contribution < 1.29 is 9.31 Å². The summed E-state index contributed by atoms with van der Waals surface area (Å²) in [5, 5.41) is 17.8. The lowest BCUT2D eigenvalue weighted by atomic mass is 10.1. The summed E-state index contributed by atoms with van der Waals surface area (Å²) in [4.78, 5) is 14.6. The molecular formula is C14H15FN4O2. The molecule has 1 saturated heterocycles. The summed E-state index contributed by atoms with van der Waals surface area (Å²) in [5.41, 5.74) is 0.303. The van der Waals surface area contributed by atoms with Gasteiger partial charge in [-0.25, -0.2) is 4.39 Å². The lowest BCUT2D eigenvalue weighted by Gasteiger charge is -2.25. The zero-order valence-electron chi connectivity index (χ0n) is 11.3. The van der Waals surface area contributed by atoms with Gasteiger partial charge < -0.3 is 10.6 Å². The Morgan fingerprint density at radius 1 is 1.43 bits per heavy atom. The Labute approximate surface area is 120 Å². The van der Waals surface area contributed by atoms with Crippen LogP contribution in [0.1, 0.15) is 12.8 Å². The second-order valence-electron chi connectivity index (χ2n) is 5.08. The number of hydrogen-bond donors (Lipinski definition) is 2. The highest BCUT2D eigenvalue weighted by molar-refractivity contribution is 5.97. The summed E-state index contributed by atoms with van der Waals surface area (Å²) in [6, 6.07) is 4.31. The standard InChI is InChI=1S/C14H15FN4O2/c15-11-8-12(19(20)21)10-2-1-5-17-13(10)14(11)18-9-3-6-16-7-4-9/h1-2,5,8-9,16,18H,3-4,6-7H2. The lowest BCUT2D eigenvalue weighted by molar-refractivity contribution is -0.383. The molecule has 0 bridgehead atoms. The number of anilines is 1. The molecule has 6 nitrogen and oxygen atoms in total. The SMILES string of the molecule is O=[N+]([O-])c1cc(F)c(NC2CCNCC2)c2ncccc12. The number of nitro groups is 1. The number of nitrogens with one attached hydrogen (secondary N) is 2. The monoisotopic (exact) mass is 290 g/mol. The molecule has 0 spiro atoms. The van der Waals surface area contributed by atoms with Crippen molar-refractivity contribution in [1.82, 2.24) is 10.3 Å². The number of rotatable bonds is 3. The van der Waals surface area contributed by atoms with Gasteiger partial charge in [-0.15, -0.1) is 0 Å². The topological polar surface area (TPSA) is 80.1 Å². The second kappa shape index (κ2) is 5.61. The van der Waals surface area contributed by atoms with Crippen molar-refractivity contribution in [2.75, 3.05) is 18.4 Å². The Bertz CT molecular complexity index is 686. The minimum absolute atomic E-state index is 0.146. The fraction of sp³-hybridized carbons (Fsp3) is 0.357. The average molecular weight is 290 g/mol. The second-order valence-corrected chi connectivity index (χ2v) is 5.08. The predicted octanol–water partition coefficient (Wildman–Crippen LogP) is 2.45. The number of non-ortho nitro benzene ring substituents is 1. The number of nitro benzene ring substituents is 1. The van der Waals surface area contributed by atoms with E-state index in [1.54, 1.807) is 12.1 Å². The molecule has 1 aromatic carbocycles. The number of benzene rings is 1. The molecule has 2 heterocycles. The fourth-order valence-electron chi connectivity index (χ4n) is 2.65. The highest BCUT2D eigenvalue weighted by Gasteiger charge is 2.22. The Kier molecular flexibility index (Phi) is 3.66. The molecule has 0 atom stereocenters. The largest absolute Gasteiger partial charge is 0.378 e. The Morgan fingerprint density at radius 3 is 2.90 bits per heavy atom. The van der Waals surface area contributed by atoms with Crippen molar-refractivity contribution in [2.24, 2.45) is 0 Å². The van der Waals surface area contributed by atoms with Crippen LogP contribution in [0.25, 0.3) is 10.9 Å². The number of nitrogens with zero attached hydrogens (tertiary/aromatic N) is 2. The maximum Gasteiger partial charge on any atom is 0.281 e. The molecule has 3 rings (SSSR count). The first kappa shape index (κ1) is 13.7. The van der Waals surface area contributed by atoms with Crippen LogP contribution in [0.2, 0.25) is 0 Å². The third-order valence-electron chi connectivity index (χ3n) is 3.71. The maximum atomic E-state index is 14.3. The molecule has 1 fully saturated rings. The van der Waals surface area contributed by atoms with E-state index >= 15 is 0 Å². The van der Waals surface area contributed by atoms with E-state index in [1.807, 2.05) is 0 Å². The van der Waals surface area contributed by atoms with E-state index in [9.17, 15) is 14.5 Å². The van der Waals surface area contributed by atoms with Gasteiger partial charge in [-0.3, -0.25) is 15.1 Å². The average Bonchev–Trinajstić information content (AvgIpc) is 2.50. The first-order valence-electron chi connectivity index (χ1n) is 6.85. The zero-order valence-corrected chi connectivity index (χ0v) is 11.3. The van der Waals surface area contributed by atoms with Crippen LogP contribution >= 0.6 is 0 Å². The number of fused-ring (bicyclic) bond motifs is 1. The number of aromatic nitrogens is 1. The lowest BCUT2D eigenvalue weighted by Crippen LogP contribution is -2.35. The van der Waals surface area contributed by atoms with Crippen molar-refractivity contribution in [3.05, 3.63) is 40.3 Å². The zero-order chi connectivity index (χ0) is 14.8. The van der Waals surface area contributed by atoms with E-state index in [0.717, 1.165) is 32.0 Å². The minimum Gasteiger partial charge on any atom is -0.378 e. The molecule has 0 unspecified atom stereocenters. The van der Waals surface area contributed by atoms with Crippen LogP contribution < -0.4 is 10.6 Å². The van der Waals surface area contributed by atoms with Crippen LogP contribution in [0.4, 0.5) is 15.8 Å². The summed E-state index contributed by atoms with van der Waals surface area (Å²) in [5.74, 6) is -0.633. The third kappa shape index (κ3) is 2.64. The van der Waals surface area contributed by atoms with E-state index in [-0.39, 0.29) is 17.4 Å². The number of halogens is 1. The molecular weight excluding hydrogens is 275 g/mol. The molecule has 0 aliphatic carbocycles. The summed E-state index contributed by atoms with van der Waals surface area (Å²) in [7, 11) is 0. The Hall–Kier alpha value is -2.28. The Balaban J connectivity index is 2.07. The van der Waals surface area contributed by atoms with Crippen molar-refractivity contribution in [3.8, 4) is 0 Å². The van der Waals surface area contributed by atoms with Crippen LogP contribution in [0.5, 0.6) is 0 Å². The molecule has 21 heavy (non-hydrogen) atoms. The quantitative estimate of drug-likeness (QED) is 0.670. The normalized spacial score (nSPS) is 16.0. The fourth-order valence-corrected chi connectivity index (χ4v) is 2.65. The van der Waals surface area contributed by atoms with Gasteiger partial charge in [0.25, 0.3) is 5.69 Å². The highest BCUT2D eigenvalue weighted by atomic mass is 19.1. The van der Waals surface area contributed by atoms with Crippen molar-refractivity contribution in [2.45, 2.75) is 18.9 Å². The van der Waals surface area contributed by atoms with Gasteiger partial charge in [0.05, 0.1) is 22.1 Å². The van der Waals surface area contributed by atoms with Gasteiger partial charge in [-0.05, 0) is 38.1 Å². The van der Waals surface area contributed by atoms with Crippen LogP contribution in [0, 0.1) is 15.9 Å². The van der Waals surface area contributed by atoms with E-state index in [1.165, 1.54) is 6.20 Å². The summed E-state index contributed by atoms with van der Waals surface area (Å²) in [6.07, 6.45) is 3.27. The van der Waals surface area contributed by atoms with E-state index in [2.05, 4.69) is 15.6 Å². The van der Waals surface area contributed by atoms with Gasteiger partial charge in [0.15, 0.2) is 5.82 Å². The molecule has 0 saturated carbocycles. The first-order chi connectivity index (χ1) is 10.2. The van der Waals surface area contributed by atoms with Gasteiger partial charge in [-0.1, -0.05) is 0 Å². The number of hydrogen-bond acceptors (Lipinski definition) is 5. The molecule has 2 N–H and O–H groups in total. The maximum absolute atomic E-state index is 14.3. The van der Waals surface area contributed by atoms with Gasteiger partial charge in [-0.2, -0.15) is 0 Å². The van der Waals surface area contributed by atoms with Gasteiger partial charge >= 0.3 is 0 Å². The van der Waals surface area contributed by atoms with E-state index in [4.69, 9.17) is 0 Å². The van der Waals surface area contributed by atoms with Crippen LogP contribution in [0.3, 0.4) is 0 Å². The smallest absolute Gasteiger partial charge is 0.281 e. The van der Waals surface area contributed by atoms with Crippen molar-refractivity contribution in [1.29, 1.82) is 0 Å². The van der Waals surface area contributed by atoms with Crippen molar-refractivity contribution >= 4 is 22.3 Å². The molecule has 0 amide bonds. The molecule has 1 aliphatic heterocycles. The van der Waals surface area contributed by atoms with Crippen LogP contribution in [-0.2, 0) is 0 Å². The number of pyridine rings is 1. The Morgan fingerprint density at radius 2 is 2.19 bits per heavy atom. The van der Waals surface area contributed by atoms with E-state index in [0.29, 0.717) is 10.9 Å². The predicted molar refractivity (Wildman–Crippen MR) is 77.9 cm³/mol. The third-order valence-corrected chi connectivity index (χ3v) is 3.71. The van der Waals surface area contributed by atoms with Gasteiger partial charge in [0, 0.05) is 12.2 Å². The first-order valence-corrected chi connectivity index (χ1v) is 6.85. The molecule has 1 aromatic heterocycles. The van der Waals surface area contributed by atoms with Crippen LogP contribution in [-0.4, -0.2) is 29.0 Å². The highest BCUT2D eigenvalue weighted by Crippen LogP contribution is 2.33. The number of piperidine rings is 1.